The van der Waals surface area contributed by atoms with Crippen LogP contribution in [0.5, 0.6) is 0 Å². The van der Waals surface area contributed by atoms with Crippen molar-refractivity contribution in [3.8, 4) is 0 Å². The molecule has 0 atom stereocenters. The van der Waals surface area contributed by atoms with Crippen molar-refractivity contribution in [3.05, 3.63) is 70.7 Å². The highest BCUT2D eigenvalue weighted by molar-refractivity contribution is 7.89. The molecule has 8 heteroatoms. The van der Waals surface area contributed by atoms with Crippen molar-refractivity contribution >= 4 is 44.8 Å². The highest BCUT2D eigenvalue weighted by Crippen LogP contribution is 2.25. The SMILES string of the molecule is C=CCNS(=O)(=O)c1ccc(C(=O)Nc2ccc(Cl)c(Cl)c2)cc1. The summed E-state index contributed by atoms with van der Waals surface area (Å²) in [5.41, 5.74) is 0.794. The van der Waals surface area contributed by atoms with E-state index in [1.165, 1.54) is 36.4 Å². The lowest BCUT2D eigenvalue weighted by Crippen LogP contribution is -2.23. The van der Waals surface area contributed by atoms with Crippen LogP contribution in [-0.2, 0) is 10.0 Å². The summed E-state index contributed by atoms with van der Waals surface area (Å²) in [5.74, 6) is -0.392. The molecule has 2 aromatic carbocycles. The first kappa shape index (κ1) is 18.5. The minimum absolute atomic E-state index is 0.0652. The van der Waals surface area contributed by atoms with E-state index >= 15 is 0 Å². The molecule has 0 unspecified atom stereocenters. The third-order valence-corrected chi connectivity index (χ3v) is 5.20. The summed E-state index contributed by atoms with van der Waals surface area (Å²) in [6, 6.07) is 10.3. The fourth-order valence-electron chi connectivity index (χ4n) is 1.81. The van der Waals surface area contributed by atoms with Gasteiger partial charge in [-0.15, -0.1) is 6.58 Å². The monoisotopic (exact) mass is 384 g/mol. The molecule has 0 fully saturated rings. The van der Waals surface area contributed by atoms with E-state index in [2.05, 4.69) is 16.6 Å². The summed E-state index contributed by atoms with van der Waals surface area (Å²) in [4.78, 5) is 12.2. The Kier molecular flexibility index (Phi) is 6.01. The zero-order valence-corrected chi connectivity index (χ0v) is 14.8. The van der Waals surface area contributed by atoms with E-state index in [9.17, 15) is 13.2 Å². The molecule has 24 heavy (non-hydrogen) atoms. The van der Waals surface area contributed by atoms with E-state index in [-0.39, 0.29) is 11.4 Å². The lowest BCUT2D eigenvalue weighted by Gasteiger charge is -2.08. The Labute approximate surface area is 150 Å². The van der Waals surface area contributed by atoms with E-state index in [4.69, 9.17) is 23.2 Å². The first-order valence-electron chi connectivity index (χ1n) is 6.80. The number of sulfonamides is 1. The molecule has 126 valence electrons. The van der Waals surface area contributed by atoms with Crippen molar-refractivity contribution in [3.63, 3.8) is 0 Å². The van der Waals surface area contributed by atoms with Gasteiger partial charge in [0.05, 0.1) is 14.9 Å². The Bertz CT molecular complexity index is 865. The second-order valence-electron chi connectivity index (χ2n) is 4.75. The first-order valence-corrected chi connectivity index (χ1v) is 9.04. The molecule has 0 saturated carbocycles. The van der Waals surface area contributed by atoms with Gasteiger partial charge < -0.3 is 5.32 Å². The minimum Gasteiger partial charge on any atom is -0.322 e. The number of hydrogen-bond donors (Lipinski definition) is 2. The Morgan fingerprint density at radius 3 is 2.33 bits per heavy atom. The van der Waals surface area contributed by atoms with E-state index in [1.807, 2.05) is 0 Å². The zero-order chi connectivity index (χ0) is 17.7. The molecule has 0 bridgehead atoms. The number of carbonyl (C=O) groups excluding carboxylic acids is 1. The van der Waals surface area contributed by atoms with Crippen LogP contribution in [0.1, 0.15) is 10.4 Å². The molecule has 0 heterocycles. The molecule has 0 aliphatic rings. The van der Waals surface area contributed by atoms with E-state index < -0.39 is 15.9 Å². The van der Waals surface area contributed by atoms with Crippen LogP contribution in [-0.4, -0.2) is 20.9 Å². The van der Waals surface area contributed by atoms with Crippen LogP contribution in [0.3, 0.4) is 0 Å². The van der Waals surface area contributed by atoms with Gasteiger partial charge in [-0.3, -0.25) is 4.79 Å². The number of nitrogens with one attached hydrogen (secondary N) is 2. The molecular weight excluding hydrogens is 371 g/mol. The third kappa shape index (κ3) is 4.58. The minimum atomic E-state index is -3.62. The Morgan fingerprint density at radius 1 is 1.08 bits per heavy atom. The highest BCUT2D eigenvalue weighted by atomic mass is 35.5. The molecule has 2 N–H and O–H groups in total. The Morgan fingerprint density at radius 2 is 1.75 bits per heavy atom. The van der Waals surface area contributed by atoms with Crippen LogP contribution in [0.15, 0.2) is 60.0 Å². The number of halogens is 2. The number of anilines is 1. The summed E-state index contributed by atoms with van der Waals surface area (Å²) in [6.07, 6.45) is 1.44. The standard InChI is InChI=1S/C16H14Cl2N2O3S/c1-2-9-19-24(22,23)13-6-3-11(4-7-13)16(21)20-12-5-8-14(17)15(18)10-12/h2-8,10,19H,1,9H2,(H,20,21). The largest absolute Gasteiger partial charge is 0.322 e. The molecular formula is C16H14Cl2N2O3S. The first-order chi connectivity index (χ1) is 11.3. The normalized spacial score (nSPS) is 11.1. The lowest BCUT2D eigenvalue weighted by molar-refractivity contribution is 0.102. The molecule has 0 radical (unpaired) electrons. The van der Waals surface area contributed by atoms with Crippen LogP contribution >= 0.6 is 23.2 Å². The van der Waals surface area contributed by atoms with Crippen LogP contribution in [0.25, 0.3) is 0 Å². The predicted molar refractivity (Wildman–Crippen MR) is 96.2 cm³/mol. The molecule has 0 aliphatic carbocycles. The maximum atomic E-state index is 12.2. The van der Waals surface area contributed by atoms with Crippen molar-refractivity contribution < 1.29 is 13.2 Å². The quantitative estimate of drug-likeness (QED) is 0.745. The number of amides is 1. The van der Waals surface area contributed by atoms with Crippen LogP contribution in [0.2, 0.25) is 10.0 Å². The van der Waals surface area contributed by atoms with Gasteiger partial charge in [-0.25, -0.2) is 13.1 Å². The highest BCUT2D eigenvalue weighted by Gasteiger charge is 2.14. The van der Waals surface area contributed by atoms with Crippen molar-refractivity contribution in [2.45, 2.75) is 4.90 Å². The molecule has 5 nitrogen and oxygen atoms in total. The van der Waals surface area contributed by atoms with Crippen molar-refractivity contribution in [1.82, 2.24) is 4.72 Å². The Balaban J connectivity index is 2.13. The predicted octanol–water partition coefficient (Wildman–Crippen LogP) is 3.71. The van der Waals surface area contributed by atoms with Crippen LogP contribution in [0.4, 0.5) is 5.69 Å². The second kappa shape index (κ2) is 7.81. The molecule has 0 saturated heterocycles. The summed E-state index contributed by atoms with van der Waals surface area (Å²) in [6.45, 7) is 3.58. The summed E-state index contributed by atoms with van der Waals surface area (Å²) in [5, 5.41) is 3.37. The maximum absolute atomic E-state index is 12.2. The van der Waals surface area contributed by atoms with Gasteiger partial charge in [0.2, 0.25) is 10.0 Å². The zero-order valence-electron chi connectivity index (χ0n) is 12.4. The maximum Gasteiger partial charge on any atom is 0.255 e. The average molecular weight is 385 g/mol. The van der Waals surface area contributed by atoms with E-state index in [0.29, 0.717) is 21.3 Å². The third-order valence-electron chi connectivity index (χ3n) is 3.02. The number of carbonyl (C=O) groups is 1. The molecule has 1 amide bonds. The fourth-order valence-corrected chi connectivity index (χ4v) is 3.11. The van der Waals surface area contributed by atoms with Gasteiger partial charge in [0.25, 0.3) is 5.91 Å². The number of rotatable bonds is 6. The summed E-state index contributed by atoms with van der Waals surface area (Å²) in [7, 11) is -3.62. The van der Waals surface area contributed by atoms with Gasteiger partial charge in [0.15, 0.2) is 0 Å². The average Bonchev–Trinajstić information content (AvgIpc) is 2.56. The smallest absolute Gasteiger partial charge is 0.255 e. The van der Waals surface area contributed by atoms with Gasteiger partial charge in [-0.2, -0.15) is 0 Å². The number of hydrogen-bond acceptors (Lipinski definition) is 3. The molecule has 0 spiro atoms. The summed E-state index contributed by atoms with van der Waals surface area (Å²) >= 11 is 11.7. The lowest BCUT2D eigenvalue weighted by atomic mass is 10.2. The van der Waals surface area contributed by atoms with Crippen LogP contribution < -0.4 is 10.0 Å². The summed E-state index contributed by atoms with van der Waals surface area (Å²) < 4.78 is 26.2. The van der Waals surface area contributed by atoms with Gasteiger partial charge in [-0.1, -0.05) is 29.3 Å². The van der Waals surface area contributed by atoms with Gasteiger partial charge in [0.1, 0.15) is 0 Å². The second-order valence-corrected chi connectivity index (χ2v) is 7.33. The Hall–Kier alpha value is -1.86. The van der Waals surface area contributed by atoms with Gasteiger partial charge in [0, 0.05) is 17.8 Å². The molecule has 2 aromatic rings. The molecule has 0 aromatic heterocycles. The number of benzene rings is 2. The van der Waals surface area contributed by atoms with Crippen molar-refractivity contribution in [2.24, 2.45) is 0 Å². The van der Waals surface area contributed by atoms with Crippen molar-refractivity contribution in [2.75, 3.05) is 11.9 Å². The van der Waals surface area contributed by atoms with Crippen LogP contribution in [0, 0.1) is 0 Å². The topological polar surface area (TPSA) is 75.3 Å². The molecule has 2 rings (SSSR count). The fraction of sp³-hybridized carbons (Fsp3) is 0.0625. The molecule has 0 aliphatic heterocycles. The van der Waals surface area contributed by atoms with Gasteiger partial charge in [-0.05, 0) is 42.5 Å². The van der Waals surface area contributed by atoms with E-state index in [1.54, 1.807) is 12.1 Å². The van der Waals surface area contributed by atoms with E-state index in [0.717, 1.165) is 0 Å². The van der Waals surface area contributed by atoms with Crippen molar-refractivity contribution in [1.29, 1.82) is 0 Å². The van der Waals surface area contributed by atoms with Gasteiger partial charge >= 0.3 is 0 Å².